The Balaban J connectivity index is 1.32. The largest absolute Gasteiger partial charge is 0.361 e. The summed E-state index contributed by atoms with van der Waals surface area (Å²) in [5, 5.41) is 13.5. The highest BCUT2D eigenvalue weighted by atomic mass is 35.5. The number of hydrogen-bond donors (Lipinski definition) is 3. The van der Waals surface area contributed by atoms with E-state index in [9.17, 15) is 0 Å². The molecule has 1 unspecified atom stereocenters. The molecule has 2 aromatic heterocycles. The quantitative estimate of drug-likeness (QED) is 0.455. The number of H-pyrrole nitrogens is 1. The number of halogens is 1. The Morgan fingerprint density at radius 2 is 2.32 bits per heavy atom. The number of hydrogen-bond acceptors (Lipinski definition) is 3. The minimum absolute atomic E-state index is 0.303. The highest BCUT2D eigenvalue weighted by Gasteiger charge is 2.22. The molecule has 0 bridgehead atoms. The lowest BCUT2D eigenvalue weighted by atomic mass is 10.1. The predicted molar refractivity (Wildman–Crippen MR) is 113 cm³/mol. The van der Waals surface area contributed by atoms with Crippen molar-refractivity contribution in [2.75, 3.05) is 13.6 Å². The summed E-state index contributed by atoms with van der Waals surface area (Å²) in [4.78, 5) is 12.3. The lowest BCUT2D eigenvalue weighted by molar-refractivity contribution is 0.392. The molecule has 0 spiro atoms. The van der Waals surface area contributed by atoms with Crippen LogP contribution in [0.2, 0.25) is 5.02 Å². The zero-order valence-electron chi connectivity index (χ0n) is 16.3. The molecular weight excluding hydrogens is 374 g/mol. The van der Waals surface area contributed by atoms with Gasteiger partial charge in [0.1, 0.15) is 5.82 Å². The minimum atomic E-state index is 0.303. The molecule has 4 rings (SSSR count). The standard InChI is InChI=1S/C20H26ClN7/c1-3-18-26-19-7-5-15(12-28(19)27-18)25-20(22-2)23-9-8-13-11-24-17-6-4-14(21)10-16(13)17/h4,6,10-11,15,24H,3,5,7-9,12H2,1-2H3,(H2,22,23,25). The van der Waals surface area contributed by atoms with E-state index < -0.39 is 0 Å². The summed E-state index contributed by atoms with van der Waals surface area (Å²) in [6.45, 7) is 3.70. The number of guanidine groups is 1. The van der Waals surface area contributed by atoms with Crippen molar-refractivity contribution in [1.29, 1.82) is 0 Å². The molecule has 28 heavy (non-hydrogen) atoms. The van der Waals surface area contributed by atoms with Gasteiger partial charge in [0, 0.05) is 54.6 Å². The fourth-order valence-electron chi connectivity index (χ4n) is 3.69. The fraction of sp³-hybridized carbons (Fsp3) is 0.450. The van der Waals surface area contributed by atoms with Crippen LogP contribution in [0.1, 0.15) is 30.6 Å². The van der Waals surface area contributed by atoms with Crippen molar-refractivity contribution in [2.24, 2.45) is 4.99 Å². The molecule has 8 heteroatoms. The summed E-state index contributed by atoms with van der Waals surface area (Å²) in [5.41, 5.74) is 2.36. The summed E-state index contributed by atoms with van der Waals surface area (Å²) in [6, 6.07) is 6.23. The van der Waals surface area contributed by atoms with Crippen LogP contribution in [-0.2, 0) is 25.8 Å². The van der Waals surface area contributed by atoms with Crippen molar-refractivity contribution in [3.05, 3.63) is 46.6 Å². The molecule has 0 fully saturated rings. The first-order valence-electron chi connectivity index (χ1n) is 9.81. The number of aliphatic imine (C=N–C) groups is 1. The van der Waals surface area contributed by atoms with Crippen LogP contribution < -0.4 is 10.6 Å². The van der Waals surface area contributed by atoms with E-state index in [2.05, 4.69) is 43.8 Å². The van der Waals surface area contributed by atoms with Gasteiger partial charge >= 0.3 is 0 Å². The molecule has 1 aliphatic heterocycles. The predicted octanol–water partition coefficient (Wildman–Crippen LogP) is 2.70. The second-order valence-electron chi connectivity index (χ2n) is 7.11. The topological polar surface area (TPSA) is 82.9 Å². The molecule has 0 aliphatic carbocycles. The van der Waals surface area contributed by atoms with Crippen LogP contribution in [0.3, 0.4) is 0 Å². The third-order valence-electron chi connectivity index (χ3n) is 5.20. The van der Waals surface area contributed by atoms with E-state index in [-0.39, 0.29) is 0 Å². The Labute approximate surface area is 169 Å². The molecule has 1 aromatic carbocycles. The van der Waals surface area contributed by atoms with Crippen molar-refractivity contribution in [3.8, 4) is 0 Å². The van der Waals surface area contributed by atoms with Gasteiger partial charge in [-0.3, -0.25) is 4.99 Å². The summed E-state index contributed by atoms with van der Waals surface area (Å²) in [5.74, 6) is 2.84. The van der Waals surface area contributed by atoms with Crippen LogP contribution in [0.5, 0.6) is 0 Å². The van der Waals surface area contributed by atoms with E-state index in [0.29, 0.717) is 6.04 Å². The Hall–Kier alpha value is -2.54. The maximum absolute atomic E-state index is 6.14. The first-order valence-corrected chi connectivity index (χ1v) is 10.2. The van der Waals surface area contributed by atoms with Gasteiger partial charge in [-0.1, -0.05) is 18.5 Å². The average molecular weight is 400 g/mol. The minimum Gasteiger partial charge on any atom is -0.361 e. The van der Waals surface area contributed by atoms with E-state index in [1.165, 1.54) is 10.9 Å². The third kappa shape index (κ3) is 3.99. The molecule has 0 saturated heterocycles. The Morgan fingerprint density at radius 3 is 3.14 bits per heavy atom. The molecule has 0 amide bonds. The molecule has 3 N–H and O–H groups in total. The zero-order valence-corrected chi connectivity index (χ0v) is 17.1. The number of nitrogens with one attached hydrogen (secondary N) is 3. The average Bonchev–Trinajstić information content (AvgIpc) is 3.30. The van der Waals surface area contributed by atoms with Crippen molar-refractivity contribution >= 4 is 28.5 Å². The molecule has 3 heterocycles. The Kier molecular flexibility index (Phi) is 5.52. The number of aromatic amines is 1. The van der Waals surface area contributed by atoms with Gasteiger partial charge in [0.2, 0.25) is 0 Å². The van der Waals surface area contributed by atoms with Gasteiger partial charge in [-0.05, 0) is 36.6 Å². The first kappa shape index (κ1) is 18.8. The second kappa shape index (κ2) is 8.22. The van der Waals surface area contributed by atoms with E-state index in [4.69, 9.17) is 11.6 Å². The molecular formula is C20H26ClN7. The number of rotatable bonds is 5. The van der Waals surface area contributed by atoms with E-state index in [1.54, 1.807) is 7.05 Å². The van der Waals surface area contributed by atoms with Crippen LogP contribution >= 0.6 is 11.6 Å². The lowest BCUT2D eigenvalue weighted by Crippen LogP contribution is -2.47. The van der Waals surface area contributed by atoms with Gasteiger partial charge in [0.15, 0.2) is 11.8 Å². The van der Waals surface area contributed by atoms with Crippen molar-refractivity contribution < 1.29 is 0 Å². The van der Waals surface area contributed by atoms with E-state index >= 15 is 0 Å². The van der Waals surface area contributed by atoms with Crippen molar-refractivity contribution in [3.63, 3.8) is 0 Å². The molecule has 1 aliphatic rings. The van der Waals surface area contributed by atoms with Crippen LogP contribution in [-0.4, -0.2) is 45.3 Å². The summed E-state index contributed by atoms with van der Waals surface area (Å²) < 4.78 is 2.03. The highest BCUT2D eigenvalue weighted by molar-refractivity contribution is 6.31. The van der Waals surface area contributed by atoms with Crippen LogP contribution in [0.4, 0.5) is 0 Å². The Bertz CT molecular complexity index is 988. The molecule has 0 radical (unpaired) electrons. The van der Waals surface area contributed by atoms with Crippen LogP contribution in [0.25, 0.3) is 10.9 Å². The zero-order chi connectivity index (χ0) is 19.5. The first-order chi connectivity index (χ1) is 13.7. The highest BCUT2D eigenvalue weighted by Crippen LogP contribution is 2.22. The molecule has 7 nitrogen and oxygen atoms in total. The number of benzene rings is 1. The van der Waals surface area contributed by atoms with Gasteiger partial charge in [-0.15, -0.1) is 0 Å². The van der Waals surface area contributed by atoms with E-state index in [0.717, 1.165) is 66.9 Å². The van der Waals surface area contributed by atoms with Gasteiger partial charge in [0.25, 0.3) is 0 Å². The smallest absolute Gasteiger partial charge is 0.191 e. The molecule has 0 saturated carbocycles. The van der Waals surface area contributed by atoms with E-state index in [1.807, 2.05) is 22.9 Å². The maximum Gasteiger partial charge on any atom is 0.191 e. The third-order valence-corrected chi connectivity index (χ3v) is 5.43. The molecule has 1 atom stereocenters. The molecule has 148 valence electrons. The summed E-state index contributed by atoms with van der Waals surface area (Å²) in [7, 11) is 1.81. The van der Waals surface area contributed by atoms with Crippen LogP contribution in [0, 0.1) is 0 Å². The monoisotopic (exact) mass is 399 g/mol. The van der Waals surface area contributed by atoms with Gasteiger partial charge in [-0.2, -0.15) is 5.10 Å². The van der Waals surface area contributed by atoms with Gasteiger partial charge in [0.05, 0.1) is 6.54 Å². The number of aryl methyl sites for hydroxylation is 2. The van der Waals surface area contributed by atoms with Crippen molar-refractivity contribution in [2.45, 2.75) is 45.2 Å². The summed E-state index contributed by atoms with van der Waals surface area (Å²) in [6.07, 6.45) is 5.79. The fourth-order valence-corrected chi connectivity index (χ4v) is 3.86. The number of fused-ring (bicyclic) bond motifs is 2. The second-order valence-corrected chi connectivity index (χ2v) is 7.55. The van der Waals surface area contributed by atoms with Gasteiger partial charge in [-0.25, -0.2) is 9.67 Å². The molecule has 3 aromatic rings. The normalized spacial score (nSPS) is 17.0. The lowest BCUT2D eigenvalue weighted by Gasteiger charge is -2.25. The number of aromatic nitrogens is 4. The number of nitrogens with zero attached hydrogens (tertiary/aromatic N) is 4. The van der Waals surface area contributed by atoms with Crippen LogP contribution in [0.15, 0.2) is 29.4 Å². The maximum atomic E-state index is 6.14. The van der Waals surface area contributed by atoms with Gasteiger partial charge < -0.3 is 15.6 Å². The SMILES string of the molecule is CCc1nc2n(n1)CC(NC(=NC)NCCc1c[nH]c3ccc(Cl)cc13)CC2. The Morgan fingerprint density at radius 1 is 1.43 bits per heavy atom. The van der Waals surface area contributed by atoms with Crippen molar-refractivity contribution in [1.82, 2.24) is 30.4 Å². The summed E-state index contributed by atoms with van der Waals surface area (Å²) >= 11 is 6.14.